The maximum absolute atomic E-state index is 9.45. The van der Waals surface area contributed by atoms with Crippen molar-refractivity contribution in [1.82, 2.24) is 0 Å². The fourth-order valence-corrected chi connectivity index (χ4v) is 2.53. The summed E-state index contributed by atoms with van der Waals surface area (Å²) < 4.78 is 12.0. The quantitative estimate of drug-likeness (QED) is 0.900. The lowest BCUT2D eigenvalue weighted by molar-refractivity contribution is 0.171. The molecule has 0 aliphatic carbocycles. The number of phenolic OH excluding ortho intramolecular Hbond substituents is 1. The monoisotopic (exact) mass is 335 g/mol. The molecule has 0 unspecified atom stereocenters. The van der Waals surface area contributed by atoms with Gasteiger partial charge in [0.1, 0.15) is 19.0 Å². The summed E-state index contributed by atoms with van der Waals surface area (Å²) in [5.74, 6) is 1.77. The topological polar surface area (TPSA) is 50.7 Å². The lowest BCUT2D eigenvalue weighted by Gasteiger charge is -2.20. The second-order valence-corrected chi connectivity index (χ2v) is 5.35. The van der Waals surface area contributed by atoms with Gasteiger partial charge in [-0.15, -0.1) is 0 Å². The predicted molar refractivity (Wildman–Crippen MR) is 80.6 cm³/mol. The average Bonchev–Trinajstić information content (AvgIpc) is 2.45. The zero-order chi connectivity index (χ0) is 13.9. The van der Waals surface area contributed by atoms with Gasteiger partial charge in [-0.25, -0.2) is 0 Å². The normalized spacial score (nSPS) is 13.1. The Bertz CT molecular complexity index is 631. The molecule has 2 aromatic carbocycles. The number of hydrogen-bond donors (Lipinski definition) is 2. The van der Waals surface area contributed by atoms with E-state index in [4.69, 9.17) is 9.47 Å². The first kappa shape index (κ1) is 13.1. The maximum atomic E-state index is 9.45. The van der Waals surface area contributed by atoms with Gasteiger partial charge in [-0.05, 0) is 33.6 Å². The van der Waals surface area contributed by atoms with E-state index in [1.54, 1.807) is 12.1 Å². The van der Waals surface area contributed by atoms with Gasteiger partial charge in [0.2, 0.25) is 0 Å². The van der Waals surface area contributed by atoms with Crippen LogP contribution in [0.5, 0.6) is 17.2 Å². The minimum Gasteiger partial charge on any atom is -0.508 e. The minimum atomic E-state index is 0.269. The molecule has 0 amide bonds. The van der Waals surface area contributed by atoms with Crippen molar-refractivity contribution in [3.8, 4) is 17.2 Å². The van der Waals surface area contributed by atoms with Gasteiger partial charge in [-0.3, -0.25) is 0 Å². The smallest absolute Gasteiger partial charge is 0.163 e. The second kappa shape index (κ2) is 5.63. The van der Waals surface area contributed by atoms with E-state index >= 15 is 0 Å². The van der Waals surface area contributed by atoms with Gasteiger partial charge < -0.3 is 19.9 Å². The molecule has 2 N–H and O–H groups in total. The van der Waals surface area contributed by atoms with E-state index in [1.165, 1.54) is 0 Å². The van der Waals surface area contributed by atoms with E-state index in [2.05, 4.69) is 21.2 Å². The van der Waals surface area contributed by atoms with E-state index in [0.29, 0.717) is 19.8 Å². The Morgan fingerprint density at radius 1 is 1.10 bits per heavy atom. The summed E-state index contributed by atoms with van der Waals surface area (Å²) in [7, 11) is 0. The van der Waals surface area contributed by atoms with Crippen LogP contribution in [0.15, 0.2) is 40.9 Å². The van der Waals surface area contributed by atoms with Crippen molar-refractivity contribution in [2.45, 2.75) is 6.54 Å². The Morgan fingerprint density at radius 2 is 1.85 bits per heavy atom. The van der Waals surface area contributed by atoms with Gasteiger partial charge in [0.05, 0.1) is 5.69 Å². The molecule has 104 valence electrons. The zero-order valence-electron chi connectivity index (χ0n) is 10.7. The van der Waals surface area contributed by atoms with E-state index in [0.717, 1.165) is 27.2 Å². The van der Waals surface area contributed by atoms with E-state index in [-0.39, 0.29) is 5.75 Å². The largest absolute Gasteiger partial charge is 0.508 e. The van der Waals surface area contributed by atoms with Crippen LogP contribution >= 0.6 is 15.9 Å². The number of aromatic hydroxyl groups is 1. The Morgan fingerprint density at radius 3 is 2.60 bits per heavy atom. The Labute approximate surface area is 125 Å². The summed E-state index contributed by atoms with van der Waals surface area (Å²) in [6.07, 6.45) is 0. The van der Waals surface area contributed by atoms with Gasteiger partial charge in [0.15, 0.2) is 11.5 Å². The number of rotatable bonds is 3. The molecule has 1 heterocycles. The van der Waals surface area contributed by atoms with Crippen LogP contribution in [-0.2, 0) is 6.54 Å². The molecule has 0 bridgehead atoms. The van der Waals surface area contributed by atoms with E-state index < -0.39 is 0 Å². The van der Waals surface area contributed by atoms with Crippen molar-refractivity contribution >= 4 is 21.6 Å². The fraction of sp³-hybridized carbons (Fsp3) is 0.200. The second-order valence-electron chi connectivity index (χ2n) is 4.50. The standard InChI is InChI=1S/C15H14BrNO3/c16-12-7-14-15(20-5-4-19-14)8-13(12)17-9-10-2-1-3-11(18)6-10/h1-3,6-8,17-18H,4-5,9H2. The van der Waals surface area contributed by atoms with Gasteiger partial charge >= 0.3 is 0 Å². The molecule has 1 aliphatic rings. The highest BCUT2D eigenvalue weighted by atomic mass is 79.9. The summed E-state index contributed by atoms with van der Waals surface area (Å²) >= 11 is 3.52. The van der Waals surface area contributed by atoms with Crippen molar-refractivity contribution < 1.29 is 14.6 Å². The van der Waals surface area contributed by atoms with Gasteiger partial charge in [-0.2, -0.15) is 0 Å². The molecule has 5 heteroatoms. The van der Waals surface area contributed by atoms with Gasteiger partial charge in [0, 0.05) is 23.2 Å². The molecule has 1 aliphatic heterocycles. The van der Waals surface area contributed by atoms with Crippen LogP contribution in [0.25, 0.3) is 0 Å². The molecular formula is C15H14BrNO3. The summed E-state index contributed by atoms with van der Waals surface area (Å²) in [5.41, 5.74) is 1.93. The first-order valence-electron chi connectivity index (χ1n) is 6.33. The molecule has 0 saturated heterocycles. The highest BCUT2D eigenvalue weighted by Crippen LogP contribution is 2.38. The third kappa shape index (κ3) is 2.82. The first-order valence-corrected chi connectivity index (χ1v) is 7.12. The van der Waals surface area contributed by atoms with E-state index in [1.807, 2.05) is 24.3 Å². The van der Waals surface area contributed by atoms with Crippen molar-refractivity contribution in [1.29, 1.82) is 0 Å². The molecule has 0 fully saturated rings. The summed E-state index contributed by atoms with van der Waals surface area (Å²) in [6, 6.07) is 11.0. The van der Waals surface area contributed by atoms with Crippen molar-refractivity contribution in [2.75, 3.05) is 18.5 Å². The van der Waals surface area contributed by atoms with Crippen LogP contribution in [0.1, 0.15) is 5.56 Å². The molecule has 3 rings (SSSR count). The molecule has 0 spiro atoms. The van der Waals surface area contributed by atoms with Crippen molar-refractivity contribution in [3.05, 3.63) is 46.4 Å². The Balaban J connectivity index is 1.77. The third-order valence-electron chi connectivity index (χ3n) is 3.03. The molecule has 0 radical (unpaired) electrons. The Hall–Kier alpha value is -1.88. The van der Waals surface area contributed by atoms with E-state index in [9.17, 15) is 5.11 Å². The SMILES string of the molecule is Oc1cccc(CNc2cc3c(cc2Br)OCCO3)c1. The minimum absolute atomic E-state index is 0.269. The number of fused-ring (bicyclic) bond motifs is 1. The molecule has 20 heavy (non-hydrogen) atoms. The number of nitrogens with one attached hydrogen (secondary N) is 1. The average molecular weight is 336 g/mol. The number of benzene rings is 2. The number of ether oxygens (including phenoxy) is 2. The van der Waals surface area contributed by atoms with Gasteiger partial charge in [-0.1, -0.05) is 12.1 Å². The summed E-state index contributed by atoms with van der Waals surface area (Å²) in [6.45, 7) is 1.77. The number of anilines is 1. The molecular weight excluding hydrogens is 322 g/mol. The highest BCUT2D eigenvalue weighted by Gasteiger charge is 2.14. The lowest BCUT2D eigenvalue weighted by Crippen LogP contribution is -2.15. The lowest BCUT2D eigenvalue weighted by atomic mass is 10.2. The van der Waals surface area contributed by atoms with Crippen LogP contribution in [-0.4, -0.2) is 18.3 Å². The van der Waals surface area contributed by atoms with Crippen molar-refractivity contribution in [3.63, 3.8) is 0 Å². The maximum Gasteiger partial charge on any atom is 0.163 e. The Kier molecular flexibility index (Phi) is 3.69. The summed E-state index contributed by atoms with van der Waals surface area (Å²) in [5, 5.41) is 12.8. The summed E-state index contributed by atoms with van der Waals surface area (Å²) in [4.78, 5) is 0. The molecule has 0 saturated carbocycles. The number of phenols is 1. The van der Waals surface area contributed by atoms with Crippen LogP contribution in [0.4, 0.5) is 5.69 Å². The highest BCUT2D eigenvalue weighted by molar-refractivity contribution is 9.10. The molecule has 0 aromatic heterocycles. The zero-order valence-corrected chi connectivity index (χ0v) is 12.3. The molecule has 0 atom stereocenters. The number of hydrogen-bond acceptors (Lipinski definition) is 4. The van der Waals surface area contributed by atoms with Crippen LogP contribution < -0.4 is 14.8 Å². The fourth-order valence-electron chi connectivity index (χ4n) is 2.06. The van der Waals surface area contributed by atoms with Crippen LogP contribution in [0.3, 0.4) is 0 Å². The molecule has 4 nitrogen and oxygen atoms in total. The van der Waals surface area contributed by atoms with Crippen molar-refractivity contribution in [2.24, 2.45) is 0 Å². The third-order valence-corrected chi connectivity index (χ3v) is 3.68. The van der Waals surface area contributed by atoms with Crippen LogP contribution in [0, 0.1) is 0 Å². The molecule has 2 aromatic rings. The predicted octanol–water partition coefficient (Wildman–Crippen LogP) is 3.54. The van der Waals surface area contributed by atoms with Crippen LogP contribution in [0.2, 0.25) is 0 Å². The first-order chi connectivity index (χ1) is 9.72. The number of halogens is 1. The van der Waals surface area contributed by atoms with Gasteiger partial charge in [0.25, 0.3) is 0 Å².